The highest BCUT2D eigenvalue weighted by molar-refractivity contribution is 5.92. The van der Waals surface area contributed by atoms with Crippen LogP contribution in [0.1, 0.15) is 35.4 Å². The molecule has 110 valence electrons. The van der Waals surface area contributed by atoms with Gasteiger partial charge in [-0.15, -0.1) is 0 Å². The van der Waals surface area contributed by atoms with Gasteiger partial charge in [-0.25, -0.2) is 9.78 Å². The number of carboxylic acids is 1. The van der Waals surface area contributed by atoms with E-state index in [2.05, 4.69) is 9.47 Å². The summed E-state index contributed by atoms with van der Waals surface area (Å²) in [5.74, 6) is 0.214. The number of carbonyl (C=O) groups is 1. The van der Waals surface area contributed by atoms with Crippen molar-refractivity contribution in [3.8, 4) is 0 Å². The van der Waals surface area contributed by atoms with E-state index in [9.17, 15) is 4.79 Å². The molecule has 0 amide bonds. The Morgan fingerprint density at radius 1 is 1.24 bits per heavy atom. The van der Waals surface area contributed by atoms with Gasteiger partial charge in [0.05, 0.1) is 16.6 Å². The standard InChI is InChI=1S/C16H19N3O2/c20-16(21)11-4-5-13-14(10-11)19-9-8-18(12-2-1-3-12)7-6-15(19)17-13/h4-5,10,12H,1-3,6-9H2,(H,20,21). The Bertz CT molecular complexity index is 703. The van der Waals surface area contributed by atoms with Gasteiger partial charge in [0.25, 0.3) is 0 Å². The number of rotatable bonds is 2. The van der Waals surface area contributed by atoms with Crippen LogP contribution in [0.2, 0.25) is 0 Å². The topological polar surface area (TPSA) is 58.4 Å². The zero-order valence-corrected chi connectivity index (χ0v) is 12.0. The maximum Gasteiger partial charge on any atom is 0.335 e. The van der Waals surface area contributed by atoms with Crippen LogP contribution in [0.5, 0.6) is 0 Å². The summed E-state index contributed by atoms with van der Waals surface area (Å²) in [4.78, 5) is 18.4. The summed E-state index contributed by atoms with van der Waals surface area (Å²) < 4.78 is 2.21. The van der Waals surface area contributed by atoms with Crippen LogP contribution in [-0.2, 0) is 13.0 Å². The van der Waals surface area contributed by atoms with Crippen LogP contribution < -0.4 is 0 Å². The third-order valence-corrected chi connectivity index (χ3v) is 4.90. The molecule has 0 bridgehead atoms. The van der Waals surface area contributed by atoms with Gasteiger partial charge < -0.3 is 9.67 Å². The van der Waals surface area contributed by atoms with Gasteiger partial charge in [-0.1, -0.05) is 6.42 Å². The van der Waals surface area contributed by atoms with Crippen LogP contribution >= 0.6 is 0 Å². The van der Waals surface area contributed by atoms with Gasteiger partial charge in [-0.2, -0.15) is 0 Å². The first-order valence-corrected chi connectivity index (χ1v) is 7.69. The Kier molecular flexibility index (Phi) is 2.96. The summed E-state index contributed by atoms with van der Waals surface area (Å²) >= 11 is 0. The fraction of sp³-hybridized carbons (Fsp3) is 0.500. The van der Waals surface area contributed by atoms with Crippen molar-refractivity contribution in [2.24, 2.45) is 0 Å². The zero-order valence-electron chi connectivity index (χ0n) is 12.0. The first-order valence-electron chi connectivity index (χ1n) is 7.69. The van der Waals surface area contributed by atoms with E-state index in [4.69, 9.17) is 10.1 Å². The fourth-order valence-corrected chi connectivity index (χ4v) is 3.45. The molecule has 5 nitrogen and oxygen atoms in total. The highest BCUT2D eigenvalue weighted by Gasteiger charge is 2.27. The first kappa shape index (κ1) is 12.8. The van der Waals surface area contributed by atoms with Crippen molar-refractivity contribution in [1.82, 2.24) is 14.5 Å². The van der Waals surface area contributed by atoms with Crippen molar-refractivity contribution in [1.29, 1.82) is 0 Å². The minimum absolute atomic E-state index is 0.338. The van der Waals surface area contributed by atoms with Crippen LogP contribution in [0.25, 0.3) is 11.0 Å². The van der Waals surface area contributed by atoms with Gasteiger partial charge in [0.1, 0.15) is 5.82 Å². The van der Waals surface area contributed by atoms with E-state index in [1.54, 1.807) is 12.1 Å². The van der Waals surface area contributed by atoms with Gasteiger partial charge in [0.15, 0.2) is 0 Å². The number of imidazole rings is 1. The Labute approximate surface area is 123 Å². The largest absolute Gasteiger partial charge is 0.478 e. The Hall–Kier alpha value is -1.88. The normalized spacial score (nSPS) is 20.0. The van der Waals surface area contributed by atoms with Crippen molar-refractivity contribution < 1.29 is 9.90 Å². The van der Waals surface area contributed by atoms with Crippen LogP contribution in [-0.4, -0.2) is 44.7 Å². The van der Waals surface area contributed by atoms with Crippen molar-refractivity contribution in [3.05, 3.63) is 29.6 Å². The number of nitrogens with zero attached hydrogens (tertiary/aromatic N) is 3. The van der Waals surface area contributed by atoms with Crippen LogP contribution in [0.3, 0.4) is 0 Å². The lowest BCUT2D eigenvalue weighted by Gasteiger charge is -2.36. The van der Waals surface area contributed by atoms with E-state index < -0.39 is 5.97 Å². The van der Waals surface area contributed by atoms with Crippen molar-refractivity contribution >= 4 is 17.0 Å². The molecule has 0 radical (unpaired) electrons. The van der Waals surface area contributed by atoms with E-state index in [0.29, 0.717) is 5.56 Å². The van der Waals surface area contributed by atoms with E-state index in [1.807, 2.05) is 6.07 Å². The minimum Gasteiger partial charge on any atom is -0.478 e. The molecule has 1 aliphatic heterocycles. The second kappa shape index (κ2) is 4.84. The fourth-order valence-electron chi connectivity index (χ4n) is 3.45. The monoisotopic (exact) mass is 285 g/mol. The van der Waals surface area contributed by atoms with E-state index in [-0.39, 0.29) is 0 Å². The zero-order chi connectivity index (χ0) is 14.4. The highest BCUT2D eigenvalue weighted by atomic mass is 16.4. The van der Waals surface area contributed by atoms with Gasteiger partial charge in [0.2, 0.25) is 0 Å². The lowest BCUT2D eigenvalue weighted by Crippen LogP contribution is -2.41. The van der Waals surface area contributed by atoms with Crippen LogP contribution in [0.15, 0.2) is 18.2 Å². The Balaban J connectivity index is 1.68. The molecule has 1 N–H and O–H groups in total. The Morgan fingerprint density at radius 2 is 2.10 bits per heavy atom. The second-order valence-corrected chi connectivity index (χ2v) is 6.06. The van der Waals surface area contributed by atoms with Gasteiger partial charge >= 0.3 is 5.97 Å². The van der Waals surface area contributed by atoms with Crippen LogP contribution in [0.4, 0.5) is 0 Å². The molecule has 4 rings (SSSR count). The molecule has 1 aromatic carbocycles. The predicted molar refractivity (Wildman–Crippen MR) is 79.6 cm³/mol. The van der Waals surface area contributed by atoms with E-state index in [0.717, 1.165) is 49.0 Å². The van der Waals surface area contributed by atoms with Gasteiger partial charge in [-0.05, 0) is 31.0 Å². The van der Waals surface area contributed by atoms with Crippen molar-refractivity contribution in [3.63, 3.8) is 0 Å². The lowest BCUT2D eigenvalue weighted by atomic mass is 9.91. The van der Waals surface area contributed by atoms with E-state index in [1.165, 1.54) is 19.3 Å². The number of carboxylic acid groups (broad SMARTS) is 1. The average Bonchev–Trinajstić information content (AvgIpc) is 2.64. The van der Waals surface area contributed by atoms with Crippen molar-refractivity contribution in [2.75, 3.05) is 13.1 Å². The second-order valence-electron chi connectivity index (χ2n) is 6.06. The maximum absolute atomic E-state index is 11.2. The smallest absolute Gasteiger partial charge is 0.335 e. The lowest BCUT2D eigenvalue weighted by molar-refractivity contribution is 0.0697. The van der Waals surface area contributed by atoms with Crippen molar-refractivity contribution in [2.45, 2.75) is 38.3 Å². The molecule has 0 unspecified atom stereocenters. The molecule has 2 aromatic rings. The molecule has 2 heterocycles. The highest BCUT2D eigenvalue weighted by Crippen LogP contribution is 2.27. The number of benzene rings is 1. The molecule has 0 atom stereocenters. The van der Waals surface area contributed by atoms with Gasteiger partial charge in [0, 0.05) is 32.1 Å². The summed E-state index contributed by atoms with van der Waals surface area (Å²) in [5, 5.41) is 9.16. The first-order chi connectivity index (χ1) is 10.2. The number of aromatic carboxylic acids is 1. The molecular formula is C16H19N3O2. The molecular weight excluding hydrogens is 266 g/mol. The summed E-state index contributed by atoms with van der Waals surface area (Å²) in [6.07, 6.45) is 4.96. The van der Waals surface area contributed by atoms with E-state index >= 15 is 0 Å². The Morgan fingerprint density at radius 3 is 2.81 bits per heavy atom. The number of hydrogen-bond donors (Lipinski definition) is 1. The summed E-state index contributed by atoms with van der Waals surface area (Å²) in [6, 6.07) is 5.98. The summed E-state index contributed by atoms with van der Waals surface area (Å²) in [7, 11) is 0. The number of aromatic nitrogens is 2. The molecule has 1 aromatic heterocycles. The average molecular weight is 285 g/mol. The molecule has 5 heteroatoms. The molecule has 21 heavy (non-hydrogen) atoms. The van der Waals surface area contributed by atoms with Crippen LogP contribution in [0, 0.1) is 0 Å². The third-order valence-electron chi connectivity index (χ3n) is 4.90. The summed E-state index contributed by atoms with van der Waals surface area (Å²) in [6.45, 7) is 3.02. The quantitative estimate of drug-likeness (QED) is 0.918. The minimum atomic E-state index is -0.878. The molecule has 0 saturated heterocycles. The van der Waals surface area contributed by atoms with Gasteiger partial charge in [-0.3, -0.25) is 4.90 Å². The maximum atomic E-state index is 11.2. The number of fused-ring (bicyclic) bond motifs is 3. The molecule has 1 fully saturated rings. The molecule has 2 aliphatic rings. The summed E-state index contributed by atoms with van der Waals surface area (Å²) in [5.41, 5.74) is 2.21. The number of hydrogen-bond acceptors (Lipinski definition) is 3. The molecule has 1 aliphatic carbocycles. The third kappa shape index (κ3) is 2.12. The predicted octanol–water partition coefficient (Wildman–Crippen LogP) is 2.15. The molecule has 1 saturated carbocycles. The SMILES string of the molecule is O=C(O)c1ccc2nc3n(c2c1)CCN(C1CCC1)CC3. The molecule has 0 spiro atoms.